The Morgan fingerprint density at radius 3 is 2.58 bits per heavy atom. The highest BCUT2D eigenvalue weighted by atomic mass is 15.1. The van der Waals surface area contributed by atoms with Crippen LogP contribution < -0.4 is 5.73 Å². The molecule has 1 atom stereocenters. The molecule has 3 nitrogen and oxygen atoms in total. The third kappa shape index (κ3) is 3.22. The summed E-state index contributed by atoms with van der Waals surface area (Å²) >= 11 is 0. The average Bonchev–Trinajstić information content (AvgIpc) is 2.63. The lowest BCUT2D eigenvalue weighted by Gasteiger charge is -2.13. The van der Waals surface area contributed by atoms with Crippen molar-refractivity contribution in [3.8, 4) is 0 Å². The van der Waals surface area contributed by atoms with Crippen molar-refractivity contribution in [2.45, 2.75) is 25.8 Å². The zero-order valence-corrected chi connectivity index (χ0v) is 8.25. The molecule has 1 aliphatic rings. The molecule has 0 aromatic rings. The Labute approximate surface area is 74.6 Å². The van der Waals surface area contributed by atoms with Gasteiger partial charge in [0.05, 0.1) is 11.9 Å². The smallest absolute Gasteiger partial charge is 0.0972 e. The maximum atomic E-state index is 5.79. The summed E-state index contributed by atoms with van der Waals surface area (Å²) in [6.07, 6.45) is 2.48. The second kappa shape index (κ2) is 3.90. The highest BCUT2D eigenvalue weighted by Gasteiger charge is 2.25. The minimum Gasteiger partial charge on any atom is -0.387 e. The summed E-state index contributed by atoms with van der Waals surface area (Å²) in [6, 6.07) is 0.334. The van der Waals surface area contributed by atoms with Gasteiger partial charge in [-0.3, -0.25) is 4.99 Å². The first-order chi connectivity index (χ1) is 5.59. The van der Waals surface area contributed by atoms with Gasteiger partial charge in [0.15, 0.2) is 0 Å². The van der Waals surface area contributed by atoms with Crippen LogP contribution in [0.4, 0.5) is 0 Å². The minimum absolute atomic E-state index is 0.334. The number of rotatable bonds is 4. The van der Waals surface area contributed by atoms with Crippen molar-refractivity contribution < 1.29 is 0 Å². The molecule has 1 saturated carbocycles. The molecule has 12 heavy (non-hydrogen) atoms. The first kappa shape index (κ1) is 9.52. The van der Waals surface area contributed by atoms with E-state index in [2.05, 4.69) is 30.9 Å². The fourth-order valence-corrected chi connectivity index (χ4v) is 1.31. The van der Waals surface area contributed by atoms with Gasteiger partial charge in [0, 0.05) is 12.5 Å². The normalized spacial score (nSPS) is 21.5. The third-order valence-corrected chi connectivity index (χ3v) is 1.99. The van der Waals surface area contributed by atoms with Gasteiger partial charge in [0.2, 0.25) is 0 Å². The molecular formula is C9H19N3. The monoisotopic (exact) mass is 169 g/mol. The molecule has 1 fully saturated rings. The first-order valence-electron chi connectivity index (χ1n) is 4.57. The first-order valence-corrected chi connectivity index (χ1v) is 4.57. The van der Waals surface area contributed by atoms with Crippen LogP contribution in [0.2, 0.25) is 0 Å². The van der Waals surface area contributed by atoms with Crippen molar-refractivity contribution in [2.24, 2.45) is 16.6 Å². The lowest BCUT2D eigenvalue weighted by molar-refractivity contribution is 0.383. The van der Waals surface area contributed by atoms with E-state index in [4.69, 9.17) is 5.73 Å². The van der Waals surface area contributed by atoms with E-state index >= 15 is 0 Å². The Morgan fingerprint density at radius 2 is 2.17 bits per heavy atom. The van der Waals surface area contributed by atoms with Crippen LogP contribution in [-0.2, 0) is 0 Å². The molecule has 2 N–H and O–H groups in total. The summed E-state index contributed by atoms with van der Waals surface area (Å²) in [7, 11) is 4.11. The predicted molar refractivity (Wildman–Crippen MR) is 52.4 cm³/mol. The Hall–Kier alpha value is -0.570. The lowest BCUT2D eigenvalue weighted by Crippen LogP contribution is -2.25. The van der Waals surface area contributed by atoms with E-state index in [-0.39, 0.29) is 0 Å². The molecule has 3 heteroatoms. The van der Waals surface area contributed by atoms with Crippen molar-refractivity contribution >= 4 is 5.84 Å². The SMILES string of the molecule is CC(CN(C)C)N=C(N)C1CC1. The highest BCUT2D eigenvalue weighted by Crippen LogP contribution is 2.28. The summed E-state index contributed by atoms with van der Waals surface area (Å²) in [4.78, 5) is 6.57. The fourth-order valence-electron chi connectivity index (χ4n) is 1.31. The van der Waals surface area contributed by atoms with Gasteiger partial charge in [-0.05, 0) is 33.9 Å². The second-order valence-electron chi connectivity index (χ2n) is 3.94. The van der Waals surface area contributed by atoms with E-state index in [9.17, 15) is 0 Å². The molecule has 0 aromatic carbocycles. The van der Waals surface area contributed by atoms with Gasteiger partial charge in [-0.15, -0.1) is 0 Å². The van der Waals surface area contributed by atoms with E-state index in [1.165, 1.54) is 12.8 Å². The lowest BCUT2D eigenvalue weighted by atomic mass is 10.3. The van der Waals surface area contributed by atoms with Crippen molar-refractivity contribution in [3.63, 3.8) is 0 Å². The Morgan fingerprint density at radius 1 is 1.58 bits per heavy atom. The fraction of sp³-hybridized carbons (Fsp3) is 0.889. The molecule has 0 saturated heterocycles. The van der Waals surface area contributed by atoms with Gasteiger partial charge in [0.1, 0.15) is 0 Å². The van der Waals surface area contributed by atoms with Crippen molar-refractivity contribution in [1.82, 2.24) is 4.90 Å². The summed E-state index contributed by atoms with van der Waals surface area (Å²) in [5.41, 5.74) is 5.79. The quantitative estimate of drug-likeness (QED) is 0.497. The van der Waals surface area contributed by atoms with Gasteiger partial charge in [-0.2, -0.15) is 0 Å². The molecule has 1 aliphatic carbocycles. The summed E-state index contributed by atoms with van der Waals surface area (Å²) < 4.78 is 0. The van der Waals surface area contributed by atoms with Crippen molar-refractivity contribution in [3.05, 3.63) is 0 Å². The van der Waals surface area contributed by atoms with Gasteiger partial charge in [0.25, 0.3) is 0 Å². The number of nitrogens with two attached hydrogens (primary N) is 1. The predicted octanol–water partition coefficient (Wildman–Crippen LogP) is 0.704. The topological polar surface area (TPSA) is 41.6 Å². The third-order valence-electron chi connectivity index (χ3n) is 1.99. The molecule has 70 valence electrons. The number of hydrogen-bond donors (Lipinski definition) is 1. The Kier molecular flexibility index (Phi) is 3.09. The Balaban J connectivity index is 2.31. The van der Waals surface area contributed by atoms with Crippen LogP contribution in [0.3, 0.4) is 0 Å². The molecule has 1 rings (SSSR count). The Bertz CT molecular complexity index is 171. The van der Waals surface area contributed by atoms with Crippen LogP contribution in [0, 0.1) is 5.92 Å². The number of amidine groups is 1. The summed E-state index contributed by atoms with van der Waals surface area (Å²) in [6.45, 7) is 3.09. The van der Waals surface area contributed by atoms with Crippen molar-refractivity contribution in [1.29, 1.82) is 0 Å². The summed E-state index contributed by atoms with van der Waals surface area (Å²) in [5, 5.41) is 0. The van der Waals surface area contributed by atoms with Gasteiger partial charge >= 0.3 is 0 Å². The molecule has 0 aromatic heterocycles. The largest absolute Gasteiger partial charge is 0.387 e. The molecule has 0 aliphatic heterocycles. The molecule has 0 spiro atoms. The molecular weight excluding hydrogens is 150 g/mol. The van der Waals surface area contributed by atoms with Crippen LogP contribution in [0.1, 0.15) is 19.8 Å². The molecule has 0 amide bonds. The van der Waals surface area contributed by atoms with Crippen LogP contribution in [-0.4, -0.2) is 37.4 Å². The van der Waals surface area contributed by atoms with E-state index in [1.807, 2.05) is 0 Å². The van der Waals surface area contributed by atoms with E-state index in [0.29, 0.717) is 12.0 Å². The molecule has 0 radical (unpaired) electrons. The standard InChI is InChI=1S/C9H19N3/c1-7(6-12(2)3)11-9(10)8-4-5-8/h7-8H,4-6H2,1-3H3,(H2,10,11). The van der Waals surface area contributed by atoms with Gasteiger partial charge in [-0.25, -0.2) is 0 Å². The average molecular weight is 169 g/mol. The van der Waals surface area contributed by atoms with Crippen LogP contribution in [0.25, 0.3) is 0 Å². The number of likely N-dealkylation sites (N-methyl/N-ethyl adjacent to an activating group) is 1. The second-order valence-corrected chi connectivity index (χ2v) is 3.94. The summed E-state index contributed by atoms with van der Waals surface area (Å²) in [5.74, 6) is 1.47. The highest BCUT2D eigenvalue weighted by molar-refractivity contribution is 5.85. The maximum absolute atomic E-state index is 5.79. The van der Waals surface area contributed by atoms with Crippen LogP contribution >= 0.6 is 0 Å². The number of hydrogen-bond acceptors (Lipinski definition) is 2. The molecule has 0 bridgehead atoms. The van der Waals surface area contributed by atoms with E-state index in [0.717, 1.165) is 12.4 Å². The molecule has 0 heterocycles. The molecule has 1 unspecified atom stereocenters. The van der Waals surface area contributed by atoms with Crippen molar-refractivity contribution in [2.75, 3.05) is 20.6 Å². The van der Waals surface area contributed by atoms with E-state index in [1.54, 1.807) is 0 Å². The number of nitrogens with zero attached hydrogens (tertiary/aromatic N) is 2. The maximum Gasteiger partial charge on any atom is 0.0972 e. The zero-order valence-electron chi connectivity index (χ0n) is 8.25. The minimum atomic E-state index is 0.334. The van der Waals surface area contributed by atoms with Gasteiger partial charge < -0.3 is 10.6 Å². The zero-order chi connectivity index (χ0) is 9.14. The van der Waals surface area contributed by atoms with Crippen LogP contribution in [0.5, 0.6) is 0 Å². The van der Waals surface area contributed by atoms with Gasteiger partial charge in [-0.1, -0.05) is 0 Å². The van der Waals surface area contributed by atoms with Crippen LogP contribution in [0.15, 0.2) is 4.99 Å². The van der Waals surface area contributed by atoms with E-state index < -0.39 is 0 Å². The number of aliphatic imine (C=N–C) groups is 1.